The third kappa shape index (κ3) is 1.63. The van der Waals surface area contributed by atoms with Crippen molar-refractivity contribution in [2.24, 2.45) is 11.7 Å². The topological polar surface area (TPSA) is 43.8 Å². The van der Waals surface area contributed by atoms with Crippen LogP contribution in [0.1, 0.15) is 12.1 Å². The van der Waals surface area contributed by atoms with E-state index in [1.807, 2.05) is 4.57 Å². The van der Waals surface area contributed by atoms with Crippen molar-refractivity contribution >= 4 is 27.5 Å². The smallest absolute Gasteiger partial charge is 0.204 e. The van der Waals surface area contributed by atoms with Crippen LogP contribution in [0, 0.1) is 5.92 Å². The Morgan fingerprint density at radius 1 is 1.69 bits per heavy atom. The minimum absolute atomic E-state index is 0.547. The number of rotatable bonds is 1. The summed E-state index contributed by atoms with van der Waals surface area (Å²) >= 11 is 9.36. The minimum atomic E-state index is 0.547. The lowest BCUT2D eigenvalue weighted by Crippen LogP contribution is -2.26. The molecule has 13 heavy (non-hydrogen) atoms. The highest BCUT2D eigenvalue weighted by Gasteiger charge is 2.22. The molecule has 0 saturated heterocycles. The lowest BCUT2D eigenvalue weighted by atomic mass is 9.99. The molecule has 72 valence electrons. The zero-order chi connectivity index (χ0) is 9.42. The molecule has 2 rings (SSSR count). The van der Waals surface area contributed by atoms with E-state index in [4.69, 9.17) is 17.3 Å². The quantitative estimate of drug-likeness (QED) is 0.841. The molecule has 0 fully saturated rings. The first kappa shape index (κ1) is 9.49. The lowest BCUT2D eigenvalue weighted by molar-refractivity contribution is 0.378. The van der Waals surface area contributed by atoms with Crippen molar-refractivity contribution in [2.45, 2.75) is 19.4 Å². The van der Waals surface area contributed by atoms with Crippen LogP contribution in [0.2, 0.25) is 5.28 Å². The summed E-state index contributed by atoms with van der Waals surface area (Å²) in [5, 5.41) is 0.569. The molecule has 1 unspecified atom stereocenters. The fourth-order valence-corrected chi connectivity index (χ4v) is 2.67. The first-order valence-electron chi connectivity index (χ1n) is 4.33. The molecule has 1 aliphatic rings. The fraction of sp³-hybridized carbons (Fsp3) is 0.625. The molecule has 0 aromatic carbocycles. The predicted molar refractivity (Wildman–Crippen MR) is 55.8 cm³/mol. The van der Waals surface area contributed by atoms with Gasteiger partial charge in [-0.15, -0.1) is 0 Å². The second kappa shape index (κ2) is 3.59. The Morgan fingerprint density at radius 3 is 3.15 bits per heavy atom. The van der Waals surface area contributed by atoms with Crippen LogP contribution in [0.3, 0.4) is 0 Å². The maximum Gasteiger partial charge on any atom is 0.204 e. The highest BCUT2D eigenvalue weighted by atomic mass is 79.9. The van der Waals surface area contributed by atoms with Crippen LogP contribution >= 0.6 is 27.5 Å². The Kier molecular flexibility index (Phi) is 2.62. The molecule has 3 nitrogen and oxygen atoms in total. The molecular weight excluding hydrogens is 253 g/mol. The number of hydrogen-bond donors (Lipinski definition) is 1. The summed E-state index contributed by atoms with van der Waals surface area (Å²) in [4.78, 5) is 4.17. The summed E-state index contributed by atoms with van der Waals surface area (Å²) < 4.78 is 2.93. The Hall–Kier alpha value is -0.0600. The van der Waals surface area contributed by atoms with Crippen LogP contribution in [0.25, 0.3) is 0 Å². The van der Waals surface area contributed by atoms with Crippen molar-refractivity contribution in [3.8, 4) is 0 Å². The molecule has 2 N–H and O–H groups in total. The Morgan fingerprint density at radius 2 is 2.46 bits per heavy atom. The van der Waals surface area contributed by atoms with E-state index in [0.717, 1.165) is 30.5 Å². The van der Waals surface area contributed by atoms with Crippen LogP contribution in [0.4, 0.5) is 0 Å². The highest BCUT2D eigenvalue weighted by Crippen LogP contribution is 2.28. The number of halogens is 2. The van der Waals surface area contributed by atoms with Gasteiger partial charge >= 0.3 is 0 Å². The van der Waals surface area contributed by atoms with Gasteiger partial charge in [0.2, 0.25) is 5.28 Å². The third-order valence-corrected chi connectivity index (χ3v) is 3.46. The maximum absolute atomic E-state index is 5.97. The lowest BCUT2D eigenvalue weighted by Gasteiger charge is -2.23. The van der Waals surface area contributed by atoms with E-state index in [1.54, 1.807) is 0 Å². The van der Waals surface area contributed by atoms with Gasteiger partial charge in [-0.1, -0.05) is 0 Å². The molecule has 0 amide bonds. The zero-order valence-corrected chi connectivity index (χ0v) is 9.48. The molecule has 1 aliphatic heterocycles. The molecule has 0 radical (unpaired) electrons. The van der Waals surface area contributed by atoms with E-state index < -0.39 is 0 Å². The van der Waals surface area contributed by atoms with Gasteiger partial charge in [-0.2, -0.15) is 0 Å². The average Bonchev–Trinajstić information content (AvgIpc) is 2.42. The summed E-state index contributed by atoms with van der Waals surface area (Å²) in [6.07, 6.45) is 2.15. The Balaban J connectivity index is 2.33. The normalized spacial score (nSPS) is 21.6. The molecule has 1 atom stereocenters. The van der Waals surface area contributed by atoms with E-state index in [9.17, 15) is 0 Å². The highest BCUT2D eigenvalue weighted by molar-refractivity contribution is 9.10. The van der Waals surface area contributed by atoms with Crippen LogP contribution in [-0.2, 0) is 13.0 Å². The fourth-order valence-electron chi connectivity index (χ4n) is 1.73. The van der Waals surface area contributed by atoms with E-state index in [2.05, 4.69) is 20.9 Å². The summed E-state index contributed by atoms with van der Waals surface area (Å²) in [6.45, 7) is 1.63. The monoisotopic (exact) mass is 263 g/mol. The number of imidazole rings is 1. The summed E-state index contributed by atoms with van der Waals surface area (Å²) in [7, 11) is 0. The van der Waals surface area contributed by atoms with Crippen molar-refractivity contribution in [2.75, 3.05) is 6.54 Å². The van der Waals surface area contributed by atoms with Crippen molar-refractivity contribution in [3.05, 3.63) is 15.6 Å². The van der Waals surface area contributed by atoms with E-state index in [1.165, 1.54) is 5.69 Å². The molecule has 2 heterocycles. The van der Waals surface area contributed by atoms with E-state index >= 15 is 0 Å². The van der Waals surface area contributed by atoms with Crippen molar-refractivity contribution < 1.29 is 0 Å². The van der Waals surface area contributed by atoms with Crippen LogP contribution in [0.5, 0.6) is 0 Å². The summed E-state index contributed by atoms with van der Waals surface area (Å²) in [5.74, 6) is 0.547. The van der Waals surface area contributed by atoms with Gasteiger partial charge in [0.05, 0.1) is 5.69 Å². The third-order valence-electron chi connectivity index (χ3n) is 2.54. The molecule has 0 spiro atoms. The van der Waals surface area contributed by atoms with Crippen molar-refractivity contribution in [1.29, 1.82) is 0 Å². The van der Waals surface area contributed by atoms with Crippen LogP contribution in [-0.4, -0.2) is 16.1 Å². The molecular formula is C8H11BrClN3. The Labute approximate surface area is 90.4 Å². The van der Waals surface area contributed by atoms with Crippen LogP contribution < -0.4 is 5.73 Å². The zero-order valence-electron chi connectivity index (χ0n) is 7.13. The molecule has 1 aromatic heterocycles. The first-order valence-corrected chi connectivity index (χ1v) is 5.50. The number of fused-ring (bicyclic) bond motifs is 1. The predicted octanol–water partition coefficient (Wildman–Crippen LogP) is 1.82. The van der Waals surface area contributed by atoms with Crippen molar-refractivity contribution in [1.82, 2.24) is 9.55 Å². The van der Waals surface area contributed by atoms with Gasteiger partial charge in [-0.05, 0) is 52.8 Å². The SMILES string of the molecule is NCC1CCc2c(Br)nc(Cl)n2C1. The van der Waals surface area contributed by atoms with Crippen molar-refractivity contribution in [3.63, 3.8) is 0 Å². The van der Waals surface area contributed by atoms with Gasteiger partial charge < -0.3 is 10.3 Å². The number of nitrogens with two attached hydrogens (primary N) is 1. The molecule has 0 bridgehead atoms. The van der Waals surface area contributed by atoms with Gasteiger partial charge in [0, 0.05) is 6.54 Å². The first-order chi connectivity index (χ1) is 6.22. The number of hydrogen-bond acceptors (Lipinski definition) is 2. The molecule has 1 aromatic rings. The molecule has 0 aliphatic carbocycles. The second-order valence-electron chi connectivity index (χ2n) is 3.37. The standard InChI is InChI=1S/C8H11BrClN3/c9-7-6-2-1-5(3-11)4-13(6)8(10)12-7/h5H,1-4,11H2. The average molecular weight is 265 g/mol. The maximum atomic E-state index is 5.97. The number of aromatic nitrogens is 2. The van der Waals surface area contributed by atoms with Gasteiger partial charge in [0.1, 0.15) is 4.60 Å². The van der Waals surface area contributed by atoms with Gasteiger partial charge in [-0.3, -0.25) is 0 Å². The largest absolute Gasteiger partial charge is 0.330 e. The van der Waals surface area contributed by atoms with Gasteiger partial charge in [-0.25, -0.2) is 4.98 Å². The number of nitrogens with zero attached hydrogens (tertiary/aromatic N) is 2. The summed E-state index contributed by atoms with van der Waals surface area (Å²) in [6, 6.07) is 0. The van der Waals surface area contributed by atoms with Crippen LogP contribution in [0.15, 0.2) is 4.60 Å². The van der Waals surface area contributed by atoms with Gasteiger partial charge in [0.25, 0.3) is 0 Å². The van der Waals surface area contributed by atoms with E-state index in [0.29, 0.717) is 11.2 Å². The Bertz CT molecular complexity index is 323. The molecule has 0 saturated carbocycles. The van der Waals surface area contributed by atoms with Gasteiger partial charge in [0.15, 0.2) is 0 Å². The second-order valence-corrected chi connectivity index (χ2v) is 4.46. The minimum Gasteiger partial charge on any atom is -0.330 e. The van der Waals surface area contributed by atoms with E-state index in [-0.39, 0.29) is 0 Å². The molecule has 5 heteroatoms. The summed E-state index contributed by atoms with van der Waals surface area (Å²) in [5.41, 5.74) is 6.83.